The van der Waals surface area contributed by atoms with Gasteiger partial charge in [0.2, 0.25) is 0 Å². The lowest BCUT2D eigenvalue weighted by atomic mass is 9.77. The summed E-state index contributed by atoms with van der Waals surface area (Å²) >= 11 is 1.98. The fourth-order valence-corrected chi connectivity index (χ4v) is 3.97. The highest BCUT2D eigenvalue weighted by atomic mass is 32.2. The molecule has 3 heteroatoms. The van der Waals surface area contributed by atoms with Gasteiger partial charge in [0.1, 0.15) is 0 Å². The summed E-state index contributed by atoms with van der Waals surface area (Å²) in [5.74, 6) is 1.92. The van der Waals surface area contributed by atoms with Gasteiger partial charge in [0.05, 0.1) is 0 Å². The van der Waals surface area contributed by atoms with Gasteiger partial charge in [0, 0.05) is 24.7 Å². The lowest BCUT2D eigenvalue weighted by Crippen LogP contribution is -2.40. The maximum absolute atomic E-state index is 5.58. The number of nitrogens with one attached hydrogen (secondary N) is 1. The Morgan fingerprint density at radius 3 is 2.57 bits per heavy atom. The van der Waals surface area contributed by atoms with Gasteiger partial charge in [-0.2, -0.15) is 0 Å². The second-order valence-corrected chi connectivity index (χ2v) is 7.72. The molecule has 0 amide bonds. The third-order valence-corrected chi connectivity index (χ3v) is 5.26. The molecule has 0 aromatic heterocycles. The van der Waals surface area contributed by atoms with E-state index in [9.17, 15) is 0 Å². The van der Waals surface area contributed by atoms with Crippen LogP contribution in [0.1, 0.15) is 33.1 Å². The van der Waals surface area contributed by atoms with Crippen molar-refractivity contribution in [1.82, 2.24) is 5.32 Å². The number of benzene rings is 1. The zero-order chi connectivity index (χ0) is 15.0. The monoisotopic (exact) mass is 307 g/mol. The topological polar surface area (TPSA) is 21.3 Å². The maximum Gasteiger partial charge on any atom is 0.0471 e. The smallest absolute Gasteiger partial charge is 0.0471 e. The highest BCUT2D eigenvalue weighted by Crippen LogP contribution is 2.35. The largest absolute Gasteiger partial charge is 0.381 e. The van der Waals surface area contributed by atoms with E-state index >= 15 is 0 Å². The summed E-state index contributed by atoms with van der Waals surface area (Å²) < 4.78 is 5.58. The Hall–Kier alpha value is -0.510. The molecule has 2 rings (SSSR count). The molecular weight excluding hydrogens is 278 g/mol. The normalized spacial score (nSPS) is 18.0. The lowest BCUT2D eigenvalue weighted by molar-refractivity contribution is 0.0132. The maximum atomic E-state index is 5.58. The Morgan fingerprint density at radius 1 is 1.19 bits per heavy atom. The van der Waals surface area contributed by atoms with E-state index in [1.54, 1.807) is 0 Å². The van der Waals surface area contributed by atoms with Gasteiger partial charge in [-0.15, -0.1) is 11.8 Å². The zero-order valence-electron chi connectivity index (χ0n) is 13.4. The fraction of sp³-hybridized carbons (Fsp3) is 0.667. The minimum Gasteiger partial charge on any atom is -0.381 e. The Morgan fingerprint density at radius 2 is 1.90 bits per heavy atom. The van der Waals surface area contributed by atoms with Crippen molar-refractivity contribution in [2.45, 2.75) is 38.0 Å². The molecule has 0 bridgehead atoms. The summed E-state index contributed by atoms with van der Waals surface area (Å²) in [4.78, 5) is 1.38. The van der Waals surface area contributed by atoms with Crippen LogP contribution in [-0.2, 0) is 4.74 Å². The van der Waals surface area contributed by atoms with Gasteiger partial charge >= 0.3 is 0 Å². The van der Waals surface area contributed by atoms with Gasteiger partial charge in [-0.25, -0.2) is 0 Å². The molecule has 1 aliphatic heterocycles. The summed E-state index contributed by atoms with van der Waals surface area (Å²) in [7, 11) is 0. The Kier molecular flexibility index (Phi) is 7.08. The van der Waals surface area contributed by atoms with Crippen molar-refractivity contribution in [3.8, 4) is 0 Å². The predicted octanol–water partition coefficient (Wildman–Crippen LogP) is 4.21. The van der Waals surface area contributed by atoms with E-state index in [1.165, 1.54) is 29.9 Å². The highest BCUT2D eigenvalue weighted by molar-refractivity contribution is 7.99. The van der Waals surface area contributed by atoms with Crippen molar-refractivity contribution in [2.24, 2.45) is 11.3 Å². The Balaban J connectivity index is 1.81. The second-order valence-electron chi connectivity index (χ2n) is 6.55. The zero-order valence-corrected chi connectivity index (χ0v) is 14.3. The van der Waals surface area contributed by atoms with Crippen LogP contribution in [0.5, 0.6) is 0 Å². The highest BCUT2D eigenvalue weighted by Gasteiger charge is 2.31. The molecule has 0 radical (unpaired) electrons. The fourth-order valence-electron chi connectivity index (χ4n) is 2.85. The van der Waals surface area contributed by atoms with Crippen molar-refractivity contribution < 1.29 is 4.74 Å². The Bertz CT molecular complexity index is 387. The molecule has 2 nitrogen and oxygen atoms in total. The average molecular weight is 308 g/mol. The van der Waals surface area contributed by atoms with Gasteiger partial charge < -0.3 is 10.1 Å². The van der Waals surface area contributed by atoms with Crippen LogP contribution in [-0.4, -0.2) is 32.1 Å². The summed E-state index contributed by atoms with van der Waals surface area (Å²) in [6.45, 7) is 8.67. The number of thioether (sulfide) groups is 1. The minimum atomic E-state index is 0.439. The first kappa shape index (κ1) is 16.9. The first-order chi connectivity index (χ1) is 10.2. The van der Waals surface area contributed by atoms with Gasteiger partial charge in [-0.05, 0) is 55.0 Å². The molecule has 1 saturated heterocycles. The third-order valence-electron chi connectivity index (χ3n) is 4.25. The molecule has 1 N–H and O–H groups in total. The van der Waals surface area contributed by atoms with E-state index in [-0.39, 0.29) is 0 Å². The number of ether oxygens (including phenoxy) is 1. The van der Waals surface area contributed by atoms with E-state index in [1.807, 2.05) is 11.8 Å². The van der Waals surface area contributed by atoms with E-state index < -0.39 is 0 Å². The standard InChI is InChI=1S/C18H29NOS/c1-16(2)14-19-15-18(8-11-20-12-9-18)10-13-21-17-6-4-3-5-7-17/h3-7,16,19H,8-15H2,1-2H3. The number of hydrogen-bond acceptors (Lipinski definition) is 3. The molecule has 0 spiro atoms. The summed E-state index contributed by atoms with van der Waals surface area (Å²) in [5, 5.41) is 3.68. The molecule has 0 unspecified atom stereocenters. The molecule has 1 aromatic carbocycles. The number of hydrogen-bond donors (Lipinski definition) is 1. The molecule has 0 aliphatic carbocycles. The van der Waals surface area contributed by atoms with E-state index in [2.05, 4.69) is 49.5 Å². The average Bonchev–Trinajstić information content (AvgIpc) is 2.49. The molecule has 0 atom stereocenters. The molecule has 118 valence electrons. The second kappa shape index (κ2) is 8.82. The van der Waals surface area contributed by atoms with Gasteiger partial charge in [0.25, 0.3) is 0 Å². The minimum absolute atomic E-state index is 0.439. The van der Waals surface area contributed by atoms with Crippen LogP contribution >= 0.6 is 11.8 Å². The Labute approximate surface area is 134 Å². The van der Waals surface area contributed by atoms with Crippen molar-refractivity contribution in [3.63, 3.8) is 0 Å². The van der Waals surface area contributed by atoms with Crippen molar-refractivity contribution in [2.75, 3.05) is 32.1 Å². The van der Waals surface area contributed by atoms with Crippen LogP contribution in [0.2, 0.25) is 0 Å². The molecular formula is C18H29NOS. The van der Waals surface area contributed by atoms with Crippen LogP contribution < -0.4 is 5.32 Å². The van der Waals surface area contributed by atoms with Crippen LogP contribution in [0.4, 0.5) is 0 Å². The molecule has 1 aromatic rings. The van der Waals surface area contributed by atoms with Crippen molar-refractivity contribution in [3.05, 3.63) is 30.3 Å². The van der Waals surface area contributed by atoms with Gasteiger partial charge in [0.15, 0.2) is 0 Å². The van der Waals surface area contributed by atoms with Crippen molar-refractivity contribution in [1.29, 1.82) is 0 Å². The van der Waals surface area contributed by atoms with Crippen molar-refractivity contribution >= 4 is 11.8 Å². The third kappa shape index (κ3) is 6.01. The predicted molar refractivity (Wildman–Crippen MR) is 92.0 cm³/mol. The lowest BCUT2D eigenvalue weighted by Gasteiger charge is -2.37. The molecule has 1 heterocycles. The molecule has 1 fully saturated rings. The first-order valence-electron chi connectivity index (χ1n) is 8.17. The summed E-state index contributed by atoms with van der Waals surface area (Å²) in [6.07, 6.45) is 3.68. The van der Waals surface area contributed by atoms with E-state index in [0.717, 1.165) is 32.2 Å². The van der Waals surface area contributed by atoms with Crippen LogP contribution in [0.3, 0.4) is 0 Å². The summed E-state index contributed by atoms with van der Waals surface area (Å²) in [5.41, 5.74) is 0.439. The van der Waals surface area contributed by atoms with Crippen LogP contribution in [0.15, 0.2) is 35.2 Å². The first-order valence-corrected chi connectivity index (χ1v) is 9.15. The molecule has 21 heavy (non-hydrogen) atoms. The van der Waals surface area contributed by atoms with Gasteiger partial charge in [-0.1, -0.05) is 32.0 Å². The van der Waals surface area contributed by atoms with E-state index in [0.29, 0.717) is 5.41 Å². The summed E-state index contributed by atoms with van der Waals surface area (Å²) in [6, 6.07) is 10.7. The van der Waals surface area contributed by atoms with Crippen LogP contribution in [0, 0.1) is 11.3 Å². The molecule has 1 aliphatic rings. The SMILES string of the molecule is CC(C)CNCC1(CCSc2ccccc2)CCOCC1. The molecule has 0 saturated carbocycles. The quantitative estimate of drug-likeness (QED) is 0.727. The number of rotatable bonds is 8. The van der Waals surface area contributed by atoms with E-state index in [4.69, 9.17) is 4.74 Å². The van der Waals surface area contributed by atoms with Gasteiger partial charge in [-0.3, -0.25) is 0 Å². The van der Waals surface area contributed by atoms with Crippen LogP contribution in [0.25, 0.3) is 0 Å².